The van der Waals surface area contributed by atoms with Crippen molar-refractivity contribution in [2.75, 3.05) is 20.1 Å². The molecule has 0 bridgehead atoms. The van der Waals surface area contributed by atoms with Crippen LogP contribution in [0.25, 0.3) is 0 Å². The third-order valence-corrected chi connectivity index (χ3v) is 7.54. The highest BCUT2D eigenvalue weighted by Gasteiger charge is 2.58. The molecule has 0 unspecified atom stereocenters. The summed E-state index contributed by atoms with van der Waals surface area (Å²) in [6.07, 6.45) is 0.567. The van der Waals surface area contributed by atoms with Crippen LogP contribution in [0.4, 0.5) is 22.4 Å². The molecule has 4 rings (SSSR count). The Bertz CT molecular complexity index is 1440. The first kappa shape index (κ1) is 30.5. The van der Waals surface area contributed by atoms with Crippen LogP contribution in [-0.2, 0) is 22.2 Å². The molecular weight excluding hydrogens is 560 g/mol. The minimum Gasteiger partial charge on any atom is -0.340 e. The van der Waals surface area contributed by atoms with E-state index in [2.05, 4.69) is 22.1 Å². The van der Waals surface area contributed by atoms with E-state index >= 15 is 0 Å². The molecule has 42 heavy (non-hydrogen) atoms. The van der Waals surface area contributed by atoms with Crippen LogP contribution in [0.3, 0.4) is 0 Å². The van der Waals surface area contributed by atoms with Crippen molar-refractivity contribution >= 4 is 23.8 Å². The minimum absolute atomic E-state index is 0.0321. The summed E-state index contributed by atoms with van der Waals surface area (Å²) in [7, 11) is 1.38. The molecular formula is C28H30F4N6O4. The number of carbonyl (C=O) groups is 4. The molecule has 3 heterocycles. The van der Waals surface area contributed by atoms with E-state index in [1.54, 1.807) is 18.3 Å². The first-order chi connectivity index (χ1) is 19.6. The lowest BCUT2D eigenvalue weighted by Crippen LogP contribution is -2.61. The van der Waals surface area contributed by atoms with Crippen LogP contribution in [0.5, 0.6) is 0 Å². The summed E-state index contributed by atoms with van der Waals surface area (Å²) in [6, 6.07) is 2.68. The summed E-state index contributed by atoms with van der Waals surface area (Å²) in [5, 5.41) is 9.05. The Hall–Kier alpha value is -4.49. The van der Waals surface area contributed by atoms with Gasteiger partial charge in [-0.05, 0) is 57.0 Å². The average molecular weight is 591 g/mol. The van der Waals surface area contributed by atoms with E-state index in [1.807, 2.05) is 0 Å². The molecule has 14 heteroatoms. The highest BCUT2D eigenvalue weighted by atomic mass is 19.4. The number of benzene rings is 1. The maximum atomic E-state index is 14.3. The number of likely N-dealkylation sites (tertiary alicyclic amines) is 1. The SMILES string of the molecule is C=CC(=CCc1ccn[nH]1)N1C(=O)N(C)C(=O)C12CCN(C(=O)C(C)(C)NC(=O)c1cc(C(F)(F)F)ccc1F)CC2. The molecule has 2 N–H and O–H groups in total. The average Bonchev–Trinajstić information content (AvgIpc) is 3.52. The topological polar surface area (TPSA) is 119 Å². The molecule has 0 atom stereocenters. The predicted octanol–water partition coefficient (Wildman–Crippen LogP) is 3.64. The van der Waals surface area contributed by atoms with Crippen molar-refractivity contribution in [3.8, 4) is 0 Å². The lowest BCUT2D eigenvalue weighted by molar-refractivity contribution is -0.143. The van der Waals surface area contributed by atoms with Gasteiger partial charge >= 0.3 is 12.2 Å². The van der Waals surface area contributed by atoms with Crippen molar-refractivity contribution in [3.05, 3.63) is 77.5 Å². The Labute approximate surface area is 239 Å². The molecule has 2 aliphatic heterocycles. The van der Waals surface area contributed by atoms with Crippen LogP contribution in [0.2, 0.25) is 0 Å². The Morgan fingerprint density at radius 2 is 1.83 bits per heavy atom. The standard InChI is InChI=1S/C28H30F4N6O4/c1-5-19(8-7-18-10-13-33-35-18)38-25(42)36(4)24(41)27(38)11-14-37(15-12-27)23(40)26(2,3)34-22(39)20-16-17(28(30,31)32)6-9-21(20)29/h5-6,8-10,13,16H,1,7,11-12,14-15H2,2-4H3,(H,33,35)(H,34,39). The van der Waals surface area contributed by atoms with Gasteiger partial charge in [0.2, 0.25) is 5.91 Å². The summed E-state index contributed by atoms with van der Waals surface area (Å²) < 4.78 is 53.6. The first-order valence-corrected chi connectivity index (χ1v) is 13.0. The van der Waals surface area contributed by atoms with Gasteiger partial charge in [-0.25, -0.2) is 9.18 Å². The fourth-order valence-electron chi connectivity index (χ4n) is 5.26. The number of nitrogens with one attached hydrogen (secondary N) is 2. The number of aromatic amines is 1. The van der Waals surface area contributed by atoms with Crippen LogP contribution < -0.4 is 5.32 Å². The number of likely N-dealkylation sites (N-methyl/N-ethyl adjacent to an activating group) is 1. The summed E-state index contributed by atoms with van der Waals surface area (Å²) in [4.78, 5) is 56.6. The zero-order valence-electron chi connectivity index (χ0n) is 23.2. The molecule has 5 amide bonds. The van der Waals surface area contributed by atoms with E-state index in [9.17, 15) is 36.7 Å². The molecule has 2 aromatic rings. The van der Waals surface area contributed by atoms with E-state index < -0.39 is 58.0 Å². The van der Waals surface area contributed by atoms with E-state index in [-0.39, 0.29) is 25.9 Å². The second-order valence-electron chi connectivity index (χ2n) is 10.7. The van der Waals surface area contributed by atoms with Crippen LogP contribution in [0.15, 0.2) is 54.9 Å². The van der Waals surface area contributed by atoms with Crippen molar-refractivity contribution in [3.63, 3.8) is 0 Å². The third kappa shape index (κ3) is 5.52. The summed E-state index contributed by atoms with van der Waals surface area (Å²) in [5.74, 6) is -3.38. The van der Waals surface area contributed by atoms with Crippen LogP contribution in [0.1, 0.15) is 48.3 Å². The van der Waals surface area contributed by atoms with Crippen LogP contribution in [0, 0.1) is 5.82 Å². The normalized spacial score (nSPS) is 17.7. The molecule has 2 fully saturated rings. The zero-order chi connectivity index (χ0) is 31.0. The van der Waals surface area contributed by atoms with Gasteiger partial charge in [-0.15, -0.1) is 0 Å². The molecule has 1 aromatic carbocycles. The van der Waals surface area contributed by atoms with Gasteiger partial charge in [0.15, 0.2) is 0 Å². The Morgan fingerprint density at radius 3 is 2.40 bits per heavy atom. The van der Waals surface area contributed by atoms with Crippen molar-refractivity contribution in [1.29, 1.82) is 0 Å². The Kier molecular flexibility index (Phi) is 8.03. The summed E-state index contributed by atoms with van der Waals surface area (Å²) in [5.41, 5.74) is -3.76. The number of H-pyrrole nitrogens is 1. The Balaban J connectivity index is 1.51. The highest BCUT2D eigenvalue weighted by molar-refractivity contribution is 6.08. The number of imide groups is 1. The molecule has 0 aliphatic carbocycles. The van der Waals surface area contributed by atoms with Crippen molar-refractivity contribution < 1.29 is 36.7 Å². The summed E-state index contributed by atoms with van der Waals surface area (Å²) in [6.45, 7) is 6.57. The number of nitrogens with zero attached hydrogens (tertiary/aromatic N) is 4. The molecule has 1 spiro atoms. The maximum Gasteiger partial charge on any atom is 0.416 e. The van der Waals surface area contributed by atoms with Crippen molar-refractivity contribution in [2.45, 2.75) is 50.4 Å². The van der Waals surface area contributed by atoms with E-state index in [0.717, 1.165) is 10.6 Å². The molecule has 224 valence electrons. The van der Waals surface area contributed by atoms with Gasteiger partial charge in [0.1, 0.15) is 16.9 Å². The fraction of sp³-hybridized carbons (Fsp3) is 0.393. The van der Waals surface area contributed by atoms with Crippen LogP contribution >= 0.6 is 0 Å². The number of amides is 5. The maximum absolute atomic E-state index is 14.3. The quantitative estimate of drug-likeness (QED) is 0.290. The van der Waals surface area contributed by atoms with E-state index in [0.29, 0.717) is 30.3 Å². The third-order valence-electron chi connectivity index (χ3n) is 7.54. The molecule has 1 aromatic heterocycles. The number of carbonyl (C=O) groups excluding carboxylic acids is 4. The van der Waals surface area contributed by atoms with Gasteiger partial charge in [0.05, 0.1) is 11.1 Å². The van der Waals surface area contributed by atoms with Crippen molar-refractivity contribution in [1.82, 2.24) is 30.2 Å². The first-order valence-electron chi connectivity index (χ1n) is 13.0. The second-order valence-corrected chi connectivity index (χ2v) is 10.7. The smallest absolute Gasteiger partial charge is 0.340 e. The van der Waals surface area contributed by atoms with E-state index in [1.165, 1.54) is 36.8 Å². The molecule has 0 radical (unpaired) electrons. The number of hydrogen-bond donors (Lipinski definition) is 2. The number of rotatable bonds is 7. The summed E-state index contributed by atoms with van der Waals surface area (Å²) >= 11 is 0. The van der Waals surface area contributed by atoms with Gasteiger partial charge in [-0.1, -0.05) is 12.7 Å². The lowest BCUT2D eigenvalue weighted by Gasteiger charge is -2.44. The van der Waals surface area contributed by atoms with Gasteiger partial charge in [0.25, 0.3) is 11.8 Å². The number of allylic oxidation sites excluding steroid dienone is 2. The second kappa shape index (κ2) is 11.1. The van der Waals surface area contributed by atoms with Gasteiger partial charge in [-0.3, -0.25) is 29.3 Å². The Morgan fingerprint density at radius 1 is 1.17 bits per heavy atom. The molecule has 0 saturated carbocycles. The minimum atomic E-state index is -4.79. The number of halogens is 4. The lowest BCUT2D eigenvalue weighted by atomic mass is 9.84. The molecule has 2 saturated heterocycles. The number of urea groups is 1. The number of hydrogen-bond acceptors (Lipinski definition) is 5. The number of aromatic nitrogens is 2. The predicted molar refractivity (Wildman–Crippen MR) is 142 cm³/mol. The molecule has 2 aliphatic rings. The molecule has 10 nitrogen and oxygen atoms in total. The van der Waals surface area contributed by atoms with Gasteiger partial charge in [-0.2, -0.15) is 18.3 Å². The highest BCUT2D eigenvalue weighted by Crippen LogP contribution is 2.40. The largest absolute Gasteiger partial charge is 0.416 e. The van der Waals surface area contributed by atoms with Crippen LogP contribution in [-0.4, -0.2) is 79.9 Å². The van der Waals surface area contributed by atoms with Gasteiger partial charge in [0, 0.05) is 44.1 Å². The monoisotopic (exact) mass is 590 g/mol. The zero-order valence-corrected chi connectivity index (χ0v) is 23.2. The number of piperidine rings is 1. The van der Waals surface area contributed by atoms with Crippen molar-refractivity contribution in [2.24, 2.45) is 0 Å². The van der Waals surface area contributed by atoms with E-state index in [4.69, 9.17) is 0 Å². The number of alkyl halides is 3. The fourth-order valence-corrected chi connectivity index (χ4v) is 5.26. The van der Waals surface area contributed by atoms with Gasteiger partial charge < -0.3 is 10.2 Å².